The van der Waals surface area contributed by atoms with Gasteiger partial charge in [-0.25, -0.2) is 0 Å². The number of aromatic nitrogens is 4. The van der Waals surface area contributed by atoms with Crippen molar-refractivity contribution >= 4 is 0 Å². The lowest BCUT2D eigenvalue weighted by Gasteiger charge is -2.38. The fourth-order valence-corrected chi connectivity index (χ4v) is 2.80. The van der Waals surface area contributed by atoms with E-state index in [4.69, 9.17) is 0 Å². The van der Waals surface area contributed by atoms with E-state index >= 15 is 0 Å². The minimum Gasteiger partial charge on any atom is -0.382 e. The first-order chi connectivity index (χ1) is 9.67. The van der Waals surface area contributed by atoms with Crippen LogP contribution in [0, 0.1) is 6.92 Å². The Morgan fingerprint density at radius 3 is 3.10 bits per heavy atom. The van der Waals surface area contributed by atoms with Gasteiger partial charge in [-0.2, -0.15) is 15.4 Å². The quantitative estimate of drug-likeness (QED) is 0.872. The number of rotatable bonds is 3. The minimum atomic E-state index is -0.901. The highest BCUT2D eigenvalue weighted by Crippen LogP contribution is 2.30. The van der Waals surface area contributed by atoms with E-state index in [0.717, 1.165) is 25.9 Å². The monoisotopic (exact) mass is 273 g/mol. The number of aliphatic hydroxyl groups is 1. The van der Waals surface area contributed by atoms with Crippen molar-refractivity contribution in [2.24, 2.45) is 0 Å². The fourth-order valence-electron chi connectivity index (χ4n) is 2.80. The van der Waals surface area contributed by atoms with Crippen LogP contribution in [0.3, 0.4) is 0 Å². The van der Waals surface area contributed by atoms with Gasteiger partial charge < -0.3 is 5.11 Å². The molecule has 1 unspecified atom stereocenters. The summed E-state index contributed by atoms with van der Waals surface area (Å²) in [5.74, 6) is 0. The molecule has 1 aliphatic rings. The van der Waals surface area contributed by atoms with Gasteiger partial charge in [-0.1, -0.05) is 0 Å². The minimum absolute atomic E-state index is 0.577. The number of β-amino-alcohol motifs (C(OH)–C–C–N with tert-alkyl or cyclic N) is 1. The van der Waals surface area contributed by atoms with E-state index in [0.29, 0.717) is 12.2 Å². The number of hydrogen-bond donors (Lipinski definition) is 2. The molecular formula is C14H19N5O. The summed E-state index contributed by atoms with van der Waals surface area (Å²) in [4.78, 5) is 6.43. The van der Waals surface area contributed by atoms with E-state index in [1.165, 1.54) is 11.1 Å². The van der Waals surface area contributed by atoms with Gasteiger partial charge in [0.05, 0.1) is 6.20 Å². The van der Waals surface area contributed by atoms with Gasteiger partial charge in [0.25, 0.3) is 0 Å². The van der Waals surface area contributed by atoms with Crippen LogP contribution in [0.1, 0.15) is 29.7 Å². The van der Waals surface area contributed by atoms with Gasteiger partial charge in [0, 0.05) is 25.5 Å². The summed E-state index contributed by atoms with van der Waals surface area (Å²) in [6.45, 7) is 4.45. The molecule has 1 saturated heterocycles. The van der Waals surface area contributed by atoms with Crippen LogP contribution in [0.25, 0.3) is 0 Å². The topological polar surface area (TPSA) is 77.9 Å². The number of piperidine rings is 1. The molecule has 1 atom stereocenters. The molecule has 0 radical (unpaired) electrons. The number of hydrogen-bond acceptors (Lipinski definition) is 5. The van der Waals surface area contributed by atoms with E-state index in [9.17, 15) is 5.11 Å². The second kappa shape index (κ2) is 5.30. The van der Waals surface area contributed by atoms with E-state index in [-0.39, 0.29) is 0 Å². The first-order valence-corrected chi connectivity index (χ1v) is 6.88. The summed E-state index contributed by atoms with van der Waals surface area (Å²) < 4.78 is 0. The molecule has 0 aromatic carbocycles. The molecule has 106 valence electrons. The maximum Gasteiger partial charge on any atom is 0.123 e. The summed E-state index contributed by atoms with van der Waals surface area (Å²) in [5.41, 5.74) is 2.17. The van der Waals surface area contributed by atoms with Crippen molar-refractivity contribution in [1.29, 1.82) is 0 Å². The molecule has 0 spiro atoms. The predicted molar refractivity (Wildman–Crippen MR) is 73.8 cm³/mol. The second-order valence-corrected chi connectivity index (χ2v) is 5.50. The van der Waals surface area contributed by atoms with Crippen molar-refractivity contribution in [1.82, 2.24) is 25.3 Å². The summed E-state index contributed by atoms with van der Waals surface area (Å²) in [5, 5.41) is 21.2. The average molecular weight is 273 g/mol. The van der Waals surface area contributed by atoms with Crippen LogP contribution in [0.5, 0.6) is 0 Å². The van der Waals surface area contributed by atoms with Crippen molar-refractivity contribution in [2.45, 2.75) is 31.9 Å². The Bertz CT molecular complexity index is 571. The smallest absolute Gasteiger partial charge is 0.123 e. The van der Waals surface area contributed by atoms with Crippen LogP contribution in [0.4, 0.5) is 0 Å². The van der Waals surface area contributed by atoms with Crippen LogP contribution >= 0.6 is 0 Å². The Labute approximate surface area is 117 Å². The lowest BCUT2D eigenvalue weighted by Crippen LogP contribution is -2.46. The van der Waals surface area contributed by atoms with Crippen LogP contribution < -0.4 is 0 Å². The van der Waals surface area contributed by atoms with Gasteiger partial charge in [-0.3, -0.25) is 9.88 Å². The van der Waals surface area contributed by atoms with E-state index < -0.39 is 5.60 Å². The van der Waals surface area contributed by atoms with Crippen LogP contribution in [-0.2, 0) is 12.1 Å². The fraction of sp³-hybridized carbons (Fsp3) is 0.500. The number of aromatic amines is 1. The molecule has 0 saturated carbocycles. The standard InChI is InChI=1S/C14H19N5O/c1-11-3-5-15-7-12(11)9-19-6-2-4-14(20,10-19)13-8-16-18-17-13/h3,5,7-8,20H,2,4,6,9-10H2,1H3,(H,16,17,18). The maximum absolute atomic E-state index is 10.8. The Balaban J connectivity index is 1.74. The van der Waals surface area contributed by atoms with Gasteiger partial charge in [0.2, 0.25) is 0 Å². The van der Waals surface area contributed by atoms with Gasteiger partial charge >= 0.3 is 0 Å². The summed E-state index contributed by atoms with van der Waals surface area (Å²) in [6, 6.07) is 2.02. The lowest BCUT2D eigenvalue weighted by molar-refractivity contribution is -0.0414. The third-order valence-electron chi connectivity index (χ3n) is 3.98. The molecule has 2 aromatic heterocycles. The zero-order valence-electron chi connectivity index (χ0n) is 11.6. The third kappa shape index (κ3) is 2.57. The molecule has 0 bridgehead atoms. The third-order valence-corrected chi connectivity index (χ3v) is 3.98. The van der Waals surface area contributed by atoms with Crippen LogP contribution in [0.15, 0.2) is 24.7 Å². The molecule has 3 rings (SSSR count). The highest BCUT2D eigenvalue weighted by atomic mass is 16.3. The number of nitrogens with zero attached hydrogens (tertiary/aromatic N) is 4. The first-order valence-electron chi connectivity index (χ1n) is 6.88. The zero-order chi connectivity index (χ0) is 14.0. The lowest BCUT2D eigenvalue weighted by atomic mass is 9.90. The number of H-pyrrole nitrogens is 1. The summed E-state index contributed by atoms with van der Waals surface area (Å²) >= 11 is 0. The predicted octanol–water partition coefficient (Wildman–Crippen LogP) is 0.992. The normalized spacial score (nSPS) is 23.9. The Kier molecular flexibility index (Phi) is 3.50. The summed E-state index contributed by atoms with van der Waals surface area (Å²) in [7, 11) is 0. The number of nitrogens with one attached hydrogen (secondary N) is 1. The highest BCUT2D eigenvalue weighted by molar-refractivity contribution is 5.21. The molecule has 1 aliphatic heterocycles. The molecule has 2 N–H and O–H groups in total. The molecule has 0 amide bonds. The molecule has 20 heavy (non-hydrogen) atoms. The van der Waals surface area contributed by atoms with Crippen LogP contribution in [-0.4, -0.2) is 43.5 Å². The number of aryl methyl sites for hydroxylation is 1. The Morgan fingerprint density at radius 2 is 2.35 bits per heavy atom. The van der Waals surface area contributed by atoms with Gasteiger partial charge in [-0.15, -0.1) is 0 Å². The van der Waals surface area contributed by atoms with Crippen molar-refractivity contribution in [3.63, 3.8) is 0 Å². The van der Waals surface area contributed by atoms with Crippen molar-refractivity contribution in [3.05, 3.63) is 41.5 Å². The largest absolute Gasteiger partial charge is 0.382 e. The maximum atomic E-state index is 10.8. The van der Waals surface area contributed by atoms with E-state index in [1.54, 1.807) is 12.4 Å². The van der Waals surface area contributed by atoms with E-state index in [1.807, 2.05) is 12.3 Å². The average Bonchev–Trinajstić information content (AvgIpc) is 2.96. The van der Waals surface area contributed by atoms with Gasteiger partial charge in [0.1, 0.15) is 11.3 Å². The molecule has 6 nitrogen and oxygen atoms in total. The Morgan fingerprint density at radius 1 is 1.45 bits per heavy atom. The molecule has 1 fully saturated rings. The highest BCUT2D eigenvalue weighted by Gasteiger charge is 2.37. The van der Waals surface area contributed by atoms with E-state index in [2.05, 4.69) is 32.2 Å². The van der Waals surface area contributed by atoms with Crippen molar-refractivity contribution in [2.75, 3.05) is 13.1 Å². The second-order valence-electron chi connectivity index (χ2n) is 5.50. The molecule has 2 aromatic rings. The molecule has 3 heterocycles. The first kappa shape index (κ1) is 13.2. The molecular weight excluding hydrogens is 254 g/mol. The molecule has 6 heteroatoms. The van der Waals surface area contributed by atoms with Crippen LogP contribution in [0.2, 0.25) is 0 Å². The van der Waals surface area contributed by atoms with Crippen molar-refractivity contribution in [3.8, 4) is 0 Å². The van der Waals surface area contributed by atoms with Crippen molar-refractivity contribution < 1.29 is 5.11 Å². The zero-order valence-corrected chi connectivity index (χ0v) is 11.6. The SMILES string of the molecule is Cc1ccncc1CN1CCCC(O)(c2cn[nH]n2)C1. The number of likely N-dealkylation sites (tertiary alicyclic amines) is 1. The summed E-state index contributed by atoms with van der Waals surface area (Å²) in [6.07, 6.45) is 6.99. The van der Waals surface area contributed by atoms with Gasteiger partial charge in [-0.05, 0) is 43.5 Å². The Hall–Kier alpha value is -1.79. The number of pyridine rings is 1. The van der Waals surface area contributed by atoms with Gasteiger partial charge in [0.15, 0.2) is 0 Å². The molecule has 0 aliphatic carbocycles.